The smallest absolute Gasteiger partial charge is 0.410 e. The molecule has 0 spiro atoms. The second-order valence-electron chi connectivity index (χ2n) is 11.2. The van der Waals surface area contributed by atoms with Crippen LogP contribution in [-0.4, -0.2) is 53.3 Å². The zero-order valence-electron chi connectivity index (χ0n) is 23.4. The van der Waals surface area contributed by atoms with E-state index >= 15 is 0 Å². The molecule has 3 rings (SSSR count). The topological polar surface area (TPSA) is 105 Å². The second-order valence-corrected chi connectivity index (χ2v) is 11.2. The molecule has 2 aromatic rings. The zero-order valence-corrected chi connectivity index (χ0v) is 23.4. The summed E-state index contributed by atoms with van der Waals surface area (Å²) in [4.78, 5) is 38.2. The van der Waals surface area contributed by atoms with Crippen molar-refractivity contribution in [1.29, 1.82) is 0 Å². The maximum atomic E-state index is 12.8. The Morgan fingerprint density at radius 2 is 1.67 bits per heavy atom. The summed E-state index contributed by atoms with van der Waals surface area (Å²) in [5.41, 5.74) is 1.13. The van der Waals surface area contributed by atoms with Crippen LogP contribution in [-0.2, 0) is 20.9 Å². The summed E-state index contributed by atoms with van der Waals surface area (Å²) in [6, 6.07) is 16.6. The first-order chi connectivity index (χ1) is 18.6. The molecule has 1 heterocycles. The molecule has 0 bridgehead atoms. The van der Waals surface area contributed by atoms with Gasteiger partial charge in [0, 0.05) is 19.6 Å². The number of hydrogen-bond donors (Lipinski definition) is 2. The van der Waals surface area contributed by atoms with Crippen molar-refractivity contribution in [1.82, 2.24) is 10.2 Å². The number of ether oxygens (including phenoxy) is 2. The Labute approximate surface area is 231 Å². The number of benzene rings is 2. The predicted molar refractivity (Wildman–Crippen MR) is 150 cm³/mol. The van der Waals surface area contributed by atoms with Crippen LogP contribution in [0.2, 0.25) is 0 Å². The van der Waals surface area contributed by atoms with E-state index in [-0.39, 0.29) is 18.4 Å². The van der Waals surface area contributed by atoms with Gasteiger partial charge in [0.25, 0.3) is 0 Å². The van der Waals surface area contributed by atoms with E-state index in [1.165, 1.54) is 0 Å². The normalized spacial score (nSPS) is 14.9. The Kier molecular flexibility index (Phi) is 11.2. The summed E-state index contributed by atoms with van der Waals surface area (Å²) in [7, 11) is 0. The Morgan fingerprint density at radius 3 is 2.28 bits per heavy atom. The largest absolute Gasteiger partial charge is 0.494 e. The van der Waals surface area contributed by atoms with Crippen molar-refractivity contribution in [2.75, 3.05) is 19.7 Å². The van der Waals surface area contributed by atoms with E-state index in [1.807, 2.05) is 56.0 Å². The molecule has 0 saturated carbocycles. The van der Waals surface area contributed by atoms with E-state index in [4.69, 9.17) is 9.47 Å². The van der Waals surface area contributed by atoms with E-state index in [0.29, 0.717) is 30.4 Å². The van der Waals surface area contributed by atoms with Gasteiger partial charge in [-0.3, -0.25) is 9.59 Å². The molecule has 8 heteroatoms. The molecule has 1 fully saturated rings. The summed E-state index contributed by atoms with van der Waals surface area (Å²) < 4.78 is 11.4. The number of unbranched alkanes of at least 4 members (excludes halogenated alkanes) is 1. The average Bonchev–Trinajstić information content (AvgIpc) is 2.90. The molecular weight excluding hydrogens is 496 g/mol. The number of likely N-dealkylation sites (tertiary alicyclic amines) is 1. The van der Waals surface area contributed by atoms with Gasteiger partial charge in [0.1, 0.15) is 11.4 Å². The molecule has 39 heavy (non-hydrogen) atoms. The Balaban J connectivity index is 1.38. The van der Waals surface area contributed by atoms with Crippen molar-refractivity contribution >= 4 is 18.0 Å². The van der Waals surface area contributed by atoms with Crippen LogP contribution >= 0.6 is 0 Å². The van der Waals surface area contributed by atoms with Crippen LogP contribution in [0.3, 0.4) is 0 Å². The summed E-state index contributed by atoms with van der Waals surface area (Å²) in [5, 5.41) is 12.2. The molecule has 2 amide bonds. The van der Waals surface area contributed by atoms with Gasteiger partial charge < -0.3 is 24.8 Å². The maximum absolute atomic E-state index is 12.8. The predicted octanol–water partition coefficient (Wildman–Crippen LogP) is 5.76. The van der Waals surface area contributed by atoms with Gasteiger partial charge in [0.15, 0.2) is 0 Å². The van der Waals surface area contributed by atoms with Crippen LogP contribution in [0.4, 0.5) is 4.79 Å². The van der Waals surface area contributed by atoms with Gasteiger partial charge in [-0.25, -0.2) is 4.79 Å². The van der Waals surface area contributed by atoms with Crippen molar-refractivity contribution in [3.63, 3.8) is 0 Å². The molecule has 1 aliphatic heterocycles. The third kappa shape index (κ3) is 10.6. The minimum Gasteiger partial charge on any atom is -0.494 e. The number of carboxylic acids is 1. The highest BCUT2D eigenvalue weighted by atomic mass is 16.6. The Morgan fingerprint density at radius 1 is 1.00 bits per heavy atom. The van der Waals surface area contributed by atoms with E-state index in [0.717, 1.165) is 50.8 Å². The number of aliphatic carboxylic acids is 1. The highest BCUT2D eigenvalue weighted by molar-refractivity contribution is 5.87. The molecule has 212 valence electrons. The fourth-order valence-corrected chi connectivity index (χ4v) is 4.70. The first-order valence-corrected chi connectivity index (χ1v) is 13.8. The molecule has 0 radical (unpaired) electrons. The quantitative estimate of drug-likeness (QED) is 0.333. The van der Waals surface area contributed by atoms with Gasteiger partial charge in [-0.1, -0.05) is 48.9 Å². The van der Waals surface area contributed by atoms with Crippen LogP contribution in [0.1, 0.15) is 76.3 Å². The fourth-order valence-electron chi connectivity index (χ4n) is 4.70. The lowest BCUT2D eigenvalue weighted by Crippen LogP contribution is -2.41. The van der Waals surface area contributed by atoms with E-state index in [1.54, 1.807) is 24.3 Å². The third-order valence-electron chi connectivity index (χ3n) is 6.83. The second kappa shape index (κ2) is 14.6. The monoisotopic (exact) mass is 538 g/mol. The third-order valence-corrected chi connectivity index (χ3v) is 6.83. The molecule has 2 N–H and O–H groups in total. The Hall–Kier alpha value is -3.55. The lowest BCUT2D eigenvalue weighted by molar-refractivity contribution is -0.139. The molecule has 8 nitrogen and oxygen atoms in total. The number of carbonyl (C=O) groups excluding carboxylic acids is 2. The number of carbonyl (C=O) groups is 3. The molecule has 0 aromatic heterocycles. The van der Waals surface area contributed by atoms with E-state index in [9.17, 15) is 19.5 Å². The lowest BCUT2D eigenvalue weighted by Gasteiger charge is -2.33. The number of hydrogen-bond acceptors (Lipinski definition) is 5. The molecular formula is C31H42N2O6. The highest BCUT2D eigenvalue weighted by Gasteiger charge is 2.27. The zero-order chi connectivity index (χ0) is 28.3. The minimum atomic E-state index is -1.02. The minimum absolute atomic E-state index is 0.220. The van der Waals surface area contributed by atoms with Crippen molar-refractivity contribution < 1.29 is 29.0 Å². The highest BCUT2D eigenvalue weighted by Crippen LogP contribution is 2.25. The number of carboxylic acid groups (broad SMARTS) is 1. The summed E-state index contributed by atoms with van der Waals surface area (Å²) in [5.74, 6) is -0.801. The van der Waals surface area contributed by atoms with Crippen LogP contribution in [0.15, 0.2) is 54.6 Å². The van der Waals surface area contributed by atoms with Crippen molar-refractivity contribution in [3.8, 4) is 5.75 Å². The van der Waals surface area contributed by atoms with Gasteiger partial charge in [0.2, 0.25) is 5.91 Å². The standard InChI is InChI=1S/C31H42N2O6/c1-31(2,3)39-30(37)33-18-16-23(17-19-33)9-7-8-20-38-26-14-12-25(13-15-26)27(21-28(34)35)29(36)32-22-24-10-5-4-6-11-24/h4-6,10-15,23,27H,7-9,16-22H2,1-3H3,(H,32,36)(H,34,35). The molecule has 1 unspecified atom stereocenters. The maximum Gasteiger partial charge on any atom is 0.410 e. The summed E-state index contributed by atoms with van der Waals surface area (Å²) in [6.07, 6.45) is 4.59. The van der Waals surface area contributed by atoms with Crippen molar-refractivity contribution in [3.05, 3.63) is 65.7 Å². The molecule has 2 aromatic carbocycles. The first kappa shape index (κ1) is 30.0. The SMILES string of the molecule is CC(C)(C)OC(=O)N1CCC(CCCCOc2ccc(C(CC(=O)O)C(=O)NCc3ccccc3)cc2)CC1. The van der Waals surface area contributed by atoms with Crippen LogP contribution in [0.5, 0.6) is 5.75 Å². The van der Waals surface area contributed by atoms with Gasteiger partial charge >= 0.3 is 12.1 Å². The number of piperidine rings is 1. The van der Waals surface area contributed by atoms with Crippen LogP contribution in [0.25, 0.3) is 0 Å². The van der Waals surface area contributed by atoms with Crippen molar-refractivity contribution in [2.24, 2.45) is 5.92 Å². The molecule has 0 aliphatic carbocycles. The molecule has 1 aliphatic rings. The average molecular weight is 539 g/mol. The van der Waals surface area contributed by atoms with Crippen LogP contribution in [0, 0.1) is 5.92 Å². The summed E-state index contributed by atoms with van der Waals surface area (Å²) >= 11 is 0. The molecule has 1 atom stereocenters. The first-order valence-electron chi connectivity index (χ1n) is 13.8. The Bertz CT molecular complexity index is 1060. The lowest BCUT2D eigenvalue weighted by atomic mass is 9.92. The van der Waals surface area contributed by atoms with Gasteiger partial charge in [0.05, 0.1) is 18.9 Å². The van der Waals surface area contributed by atoms with E-state index in [2.05, 4.69) is 5.32 Å². The number of rotatable bonds is 12. The van der Waals surface area contributed by atoms with E-state index < -0.39 is 17.5 Å². The number of nitrogens with zero attached hydrogens (tertiary/aromatic N) is 1. The number of amides is 2. The van der Waals surface area contributed by atoms with Crippen molar-refractivity contribution in [2.45, 2.75) is 77.4 Å². The fraction of sp³-hybridized carbons (Fsp3) is 0.516. The van der Waals surface area contributed by atoms with Gasteiger partial charge in [-0.05, 0) is 75.6 Å². The van der Waals surface area contributed by atoms with Gasteiger partial charge in [-0.2, -0.15) is 0 Å². The molecule has 1 saturated heterocycles. The van der Waals surface area contributed by atoms with Crippen LogP contribution < -0.4 is 10.1 Å². The number of nitrogens with one attached hydrogen (secondary N) is 1. The summed E-state index contributed by atoms with van der Waals surface area (Å²) in [6.45, 7) is 8.09. The van der Waals surface area contributed by atoms with Gasteiger partial charge in [-0.15, -0.1) is 0 Å².